The molecule has 3 aromatic rings. The molecule has 0 spiro atoms. The summed E-state index contributed by atoms with van der Waals surface area (Å²) in [6, 6.07) is 13.8. The van der Waals surface area contributed by atoms with Gasteiger partial charge in [-0.25, -0.2) is 9.78 Å². The van der Waals surface area contributed by atoms with Crippen LogP contribution >= 0.6 is 0 Å². The molecule has 102 valence electrons. The van der Waals surface area contributed by atoms with E-state index in [0.29, 0.717) is 16.9 Å². The Morgan fingerprint density at radius 2 is 2.05 bits per heavy atom. The third-order valence-corrected chi connectivity index (χ3v) is 2.97. The van der Waals surface area contributed by atoms with Gasteiger partial charge in [-0.2, -0.15) is 5.26 Å². The van der Waals surface area contributed by atoms with Crippen molar-refractivity contribution in [3.8, 4) is 6.07 Å². The lowest BCUT2D eigenvalue weighted by Crippen LogP contribution is -2.19. The van der Waals surface area contributed by atoms with Gasteiger partial charge in [-0.3, -0.25) is 0 Å². The fourth-order valence-electron chi connectivity index (χ4n) is 1.99. The lowest BCUT2D eigenvalue weighted by molar-refractivity contribution is 0.262. The fraction of sp³-hybridized carbons (Fsp3) is 0. The number of hydrogen-bond donors (Lipinski definition) is 3. The van der Waals surface area contributed by atoms with E-state index in [2.05, 4.69) is 20.6 Å². The number of H-pyrrole nitrogens is 1. The van der Waals surface area contributed by atoms with Gasteiger partial charge in [0, 0.05) is 5.69 Å². The number of rotatable bonds is 2. The topological polar surface area (TPSA) is 93.6 Å². The van der Waals surface area contributed by atoms with Crippen LogP contribution in [0.3, 0.4) is 0 Å². The Bertz CT molecular complexity index is 846. The molecule has 0 saturated heterocycles. The second-order valence-corrected chi connectivity index (χ2v) is 4.37. The van der Waals surface area contributed by atoms with E-state index in [-0.39, 0.29) is 0 Å². The van der Waals surface area contributed by atoms with Crippen LogP contribution in [0.2, 0.25) is 0 Å². The highest BCUT2D eigenvalue weighted by Gasteiger charge is 2.07. The smallest absolute Gasteiger partial charge is 0.323 e. The zero-order chi connectivity index (χ0) is 14.7. The number of benzene rings is 2. The minimum atomic E-state index is -0.406. The molecule has 1 aromatic heterocycles. The predicted molar refractivity (Wildman–Crippen MR) is 79.9 cm³/mol. The van der Waals surface area contributed by atoms with Crippen molar-refractivity contribution >= 4 is 28.4 Å². The second kappa shape index (κ2) is 5.35. The van der Waals surface area contributed by atoms with Crippen molar-refractivity contribution < 1.29 is 4.79 Å². The summed E-state index contributed by atoms with van der Waals surface area (Å²) in [5.41, 5.74) is 3.19. The van der Waals surface area contributed by atoms with Crippen molar-refractivity contribution in [2.24, 2.45) is 0 Å². The van der Waals surface area contributed by atoms with Gasteiger partial charge in [0.05, 0.1) is 28.6 Å². The van der Waals surface area contributed by atoms with Crippen LogP contribution in [-0.4, -0.2) is 16.0 Å². The van der Waals surface area contributed by atoms with Gasteiger partial charge in [0.1, 0.15) is 6.07 Å². The molecule has 6 heteroatoms. The zero-order valence-corrected chi connectivity index (χ0v) is 10.9. The molecular weight excluding hydrogens is 266 g/mol. The van der Waals surface area contributed by atoms with Crippen LogP contribution < -0.4 is 10.6 Å². The molecule has 0 unspecified atom stereocenters. The highest BCUT2D eigenvalue weighted by atomic mass is 16.2. The van der Waals surface area contributed by atoms with E-state index >= 15 is 0 Å². The molecule has 0 atom stereocenters. The molecular formula is C15H11N5O. The maximum atomic E-state index is 12.0. The van der Waals surface area contributed by atoms with Crippen molar-refractivity contribution in [3.63, 3.8) is 0 Å². The number of aromatic amines is 1. The van der Waals surface area contributed by atoms with E-state index in [9.17, 15) is 4.79 Å². The number of nitriles is 1. The lowest BCUT2D eigenvalue weighted by atomic mass is 10.2. The van der Waals surface area contributed by atoms with Crippen molar-refractivity contribution in [1.82, 2.24) is 9.97 Å². The van der Waals surface area contributed by atoms with E-state index < -0.39 is 6.03 Å². The third-order valence-electron chi connectivity index (χ3n) is 2.97. The first-order valence-corrected chi connectivity index (χ1v) is 6.26. The van der Waals surface area contributed by atoms with Crippen molar-refractivity contribution in [3.05, 3.63) is 54.4 Å². The first-order chi connectivity index (χ1) is 10.3. The number of anilines is 2. The Labute approximate surface area is 120 Å². The number of nitrogens with zero attached hydrogens (tertiary/aromatic N) is 2. The zero-order valence-electron chi connectivity index (χ0n) is 10.9. The number of urea groups is 1. The number of imidazole rings is 1. The number of aromatic nitrogens is 2. The summed E-state index contributed by atoms with van der Waals surface area (Å²) >= 11 is 0. The highest BCUT2D eigenvalue weighted by Crippen LogP contribution is 2.17. The molecule has 1 heterocycles. The van der Waals surface area contributed by atoms with Crippen LogP contribution in [-0.2, 0) is 0 Å². The van der Waals surface area contributed by atoms with E-state index in [1.165, 1.54) is 0 Å². The maximum Gasteiger partial charge on any atom is 0.323 e. The second-order valence-electron chi connectivity index (χ2n) is 4.37. The van der Waals surface area contributed by atoms with Gasteiger partial charge in [-0.15, -0.1) is 0 Å². The third kappa shape index (κ3) is 2.67. The Balaban J connectivity index is 1.75. The summed E-state index contributed by atoms with van der Waals surface area (Å²) in [7, 11) is 0. The van der Waals surface area contributed by atoms with Gasteiger partial charge >= 0.3 is 6.03 Å². The Morgan fingerprint density at radius 3 is 2.90 bits per heavy atom. The minimum absolute atomic E-state index is 0.406. The largest absolute Gasteiger partial charge is 0.345 e. The van der Waals surface area contributed by atoms with Crippen LogP contribution in [0, 0.1) is 11.3 Å². The van der Waals surface area contributed by atoms with Gasteiger partial charge in [0.2, 0.25) is 0 Å². The number of fused-ring (bicyclic) bond motifs is 1. The fourth-order valence-corrected chi connectivity index (χ4v) is 1.99. The number of carbonyl (C=O) groups is 1. The van der Waals surface area contributed by atoms with Gasteiger partial charge in [-0.1, -0.05) is 12.1 Å². The number of carbonyl (C=O) groups excluding carboxylic acids is 1. The molecule has 2 aromatic carbocycles. The summed E-state index contributed by atoms with van der Waals surface area (Å²) in [4.78, 5) is 19.1. The predicted octanol–water partition coefficient (Wildman–Crippen LogP) is 3.08. The van der Waals surface area contributed by atoms with Gasteiger partial charge < -0.3 is 15.6 Å². The van der Waals surface area contributed by atoms with E-state index in [1.807, 2.05) is 12.1 Å². The quantitative estimate of drug-likeness (QED) is 0.672. The monoisotopic (exact) mass is 277 g/mol. The van der Waals surface area contributed by atoms with Gasteiger partial charge in [0.15, 0.2) is 0 Å². The van der Waals surface area contributed by atoms with Crippen LogP contribution in [0.5, 0.6) is 0 Å². The first kappa shape index (κ1) is 12.7. The average molecular weight is 277 g/mol. The van der Waals surface area contributed by atoms with Crippen LogP contribution in [0.15, 0.2) is 48.8 Å². The molecule has 0 saturated carbocycles. The molecule has 3 rings (SSSR count). The molecule has 0 fully saturated rings. The Hall–Kier alpha value is -3.33. The SMILES string of the molecule is N#Cc1ccccc1NC(=O)Nc1ccc2nc[nH]c2c1. The van der Waals surface area contributed by atoms with Crippen molar-refractivity contribution in [2.45, 2.75) is 0 Å². The number of amides is 2. The summed E-state index contributed by atoms with van der Waals surface area (Å²) in [6.07, 6.45) is 1.59. The minimum Gasteiger partial charge on any atom is -0.345 e. The van der Waals surface area contributed by atoms with Crippen molar-refractivity contribution in [2.75, 3.05) is 10.6 Å². The normalized spacial score (nSPS) is 10.0. The van der Waals surface area contributed by atoms with E-state index in [4.69, 9.17) is 5.26 Å². The molecule has 3 N–H and O–H groups in total. The molecule has 6 nitrogen and oxygen atoms in total. The van der Waals surface area contributed by atoms with Crippen LogP contribution in [0.4, 0.5) is 16.2 Å². The summed E-state index contributed by atoms with van der Waals surface area (Å²) in [5.74, 6) is 0. The first-order valence-electron chi connectivity index (χ1n) is 6.26. The maximum absolute atomic E-state index is 12.0. The number of hydrogen-bond acceptors (Lipinski definition) is 3. The Morgan fingerprint density at radius 1 is 1.19 bits per heavy atom. The van der Waals surface area contributed by atoms with Crippen molar-refractivity contribution in [1.29, 1.82) is 5.26 Å². The number of nitrogens with one attached hydrogen (secondary N) is 3. The van der Waals surface area contributed by atoms with E-state index in [0.717, 1.165) is 11.0 Å². The molecule has 0 radical (unpaired) electrons. The van der Waals surface area contributed by atoms with Crippen LogP contribution in [0.1, 0.15) is 5.56 Å². The average Bonchev–Trinajstić information content (AvgIpc) is 2.95. The highest BCUT2D eigenvalue weighted by molar-refractivity contribution is 6.01. The van der Waals surface area contributed by atoms with Gasteiger partial charge in [-0.05, 0) is 30.3 Å². The standard InChI is InChI=1S/C15H11N5O/c16-8-10-3-1-2-4-12(10)20-15(21)19-11-5-6-13-14(7-11)18-9-17-13/h1-7,9H,(H,17,18)(H2,19,20,21). The molecule has 0 aliphatic rings. The van der Waals surface area contributed by atoms with Gasteiger partial charge in [0.25, 0.3) is 0 Å². The molecule has 21 heavy (non-hydrogen) atoms. The lowest BCUT2D eigenvalue weighted by Gasteiger charge is -2.08. The molecule has 2 amide bonds. The molecule has 0 aliphatic carbocycles. The number of para-hydroxylation sites is 1. The summed E-state index contributed by atoms with van der Waals surface area (Å²) in [5, 5.41) is 14.4. The van der Waals surface area contributed by atoms with E-state index in [1.54, 1.807) is 42.7 Å². The Kier molecular flexibility index (Phi) is 3.23. The molecule has 0 aliphatic heterocycles. The molecule has 0 bridgehead atoms. The summed E-state index contributed by atoms with van der Waals surface area (Å²) < 4.78 is 0. The summed E-state index contributed by atoms with van der Waals surface area (Å²) in [6.45, 7) is 0. The van der Waals surface area contributed by atoms with Crippen LogP contribution in [0.25, 0.3) is 11.0 Å².